The Hall–Kier alpha value is -0.0400. The zero-order valence-electron chi connectivity index (χ0n) is 5.84. The monoisotopic (exact) mass is 127 g/mol. The van der Waals surface area contributed by atoms with E-state index >= 15 is 0 Å². The molecule has 1 radical (unpaired) electrons. The van der Waals surface area contributed by atoms with E-state index in [2.05, 4.69) is 6.92 Å². The number of rotatable bonds is 1. The number of aliphatic hydroxyl groups excluding tert-OH is 1. The Labute approximate surface area is 57.1 Å². The van der Waals surface area contributed by atoms with Crippen LogP contribution in [0.3, 0.4) is 0 Å². The summed E-state index contributed by atoms with van der Waals surface area (Å²) in [7, 11) is 0. The predicted molar refractivity (Wildman–Crippen MR) is 37.9 cm³/mol. The van der Waals surface area contributed by atoms with Gasteiger partial charge in [-0.3, -0.25) is 0 Å². The van der Waals surface area contributed by atoms with Gasteiger partial charge in [-0.15, -0.1) is 0 Å². The second-order valence-corrected chi connectivity index (χ2v) is 3.07. The van der Waals surface area contributed by atoms with Gasteiger partial charge in [0.1, 0.15) is 0 Å². The zero-order chi connectivity index (χ0) is 6.69. The molecule has 0 heterocycles. The molecule has 0 spiro atoms. The van der Waals surface area contributed by atoms with Gasteiger partial charge in [-0.25, -0.2) is 0 Å². The maximum atomic E-state index is 8.76. The van der Waals surface area contributed by atoms with Crippen LogP contribution < -0.4 is 0 Å². The molecule has 1 aliphatic carbocycles. The van der Waals surface area contributed by atoms with E-state index in [1.807, 2.05) is 0 Å². The van der Waals surface area contributed by atoms with Gasteiger partial charge in [0.15, 0.2) is 0 Å². The molecule has 1 heteroatoms. The average molecular weight is 127 g/mol. The fraction of sp³-hybridized carbons (Fsp3) is 0.875. The SMILES string of the molecule is [CH2]C1CCC(CO)CC1. The molecule has 0 bridgehead atoms. The molecule has 1 rings (SSSR count). The third kappa shape index (κ3) is 1.98. The fourth-order valence-corrected chi connectivity index (χ4v) is 1.41. The lowest BCUT2D eigenvalue weighted by Gasteiger charge is -2.23. The molecule has 0 unspecified atom stereocenters. The number of aliphatic hydroxyl groups is 1. The van der Waals surface area contributed by atoms with Crippen LogP contribution in [0.1, 0.15) is 25.7 Å². The molecule has 53 valence electrons. The molecule has 0 amide bonds. The van der Waals surface area contributed by atoms with Crippen LogP contribution >= 0.6 is 0 Å². The van der Waals surface area contributed by atoms with Crippen molar-refractivity contribution in [2.45, 2.75) is 25.7 Å². The molecular formula is C8H15O. The lowest BCUT2D eigenvalue weighted by atomic mass is 9.84. The van der Waals surface area contributed by atoms with Gasteiger partial charge in [-0.1, -0.05) is 19.8 Å². The van der Waals surface area contributed by atoms with Crippen molar-refractivity contribution in [1.29, 1.82) is 0 Å². The van der Waals surface area contributed by atoms with Gasteiger partial charge in [0.05, 0.1) is 0 Å². The first kappa shape index (κ1) is 7.07. The van der Waals surface area contributed by atoms with Crippen LogP contribution in [-0.4, -0.2) is 11.7 Å². The second kappa shape index (κ2) is 3.21. The fourth-order valence-electron chi connectivity index (χ4n) is 1.41. The summed E-state index contributed by atoms with van der Waals surface area (Å²) in [6.07, 6.45) is 4.80. The molecule has 9 heavy (non-hydrogen) atoms. The topological polar surface area (TPSA) is 20.2 Å². The number of hydrogen-bond donors (Lipinski definition) is 1. The van der Waals surface area contributed by atoms with Gasteiger partial charge >= 0.3 is 0 Å². The molecule has 1 nitrogen and oxygen atoms in total. The van der Waals surface area contributed by atoms with Crippen LogP contribution in [0.2, 0.25) is 0 Å². The first-order chi connectivity index (χ1) is 4.33. The molecule has 0 aromatic carbocycles. The summed E-state index contributed by atoms with van der Waals surface area (Å²) in [4.78, 5) is 0. The van der Waals surface area contributed by atoms with Crippen molar-refractivity contribution in [3.05, 3.63) is 6.92 Å². The van der Waals surface area contributed by atoms with Crippen molar-refractivity contribution in [2.24, 2.45) is 11.8 Å². The van der Waals surface area contributed by atoms with E-state index < -0.39 is 0 Å². The molecule has 1 fully saturated rings. The van der Waals surface area contributed by atoms with Crippen LogP contribution in [0.25, 0.3) is 0 Å². The summed E-state index contributed by atoms with van der Waals surface area (Å²) in [6.45, 7) is 4.37. The van der Waals surface area contributed by atoms with Gasteiger partial charge in [-0.2, -0.15) is 0 Å². The van der Waals surface area contributed by atoms with E-state index in [4.69, 9.17) is 5.11 Å². The molecule has 1 saturated carbocycles. The van der Waals surface area contributed by atoms with Crippen molar-refractivity contribution in [2.75, 3.05) is 6.61 Å². The minimum absolute atomic E-state index is 0.382. The maximum Gasteiger partial charge on any atom is 0.0459 e. The third-order valence-corrected chi connectivity index (χ3v) is 2.22. The van der Waals surface area contributed by atoms with Gasteiger partial charge in [0, 0.05) is 6.61 Å². The molecule has 1 N–H and O–H groups in total. The van der Waals surface area contributed by atoms with Gasteiger partial charge in [-0.05, 0) is 24.7 Å². The average Bonchev–Trinajstić information content (AvgIpc) is 1.90. The second-order valence-electron chi connectivity index (χ2n) is 3.07. The van der Waals surface area contributed by atoms with E-state index in [0.717, 1.165) is 0 Å². The van der Waals surface area contributed by atoms with Crippen LogP contribution in [0.15, 0.2) is 0 Å². The Morgan fingerprint density at radius 2 is 1.78 bits per heavy atom. The van der Waals surface area contributed by atoms with E-state index in [0.29, 0.717) is 18.4 Å². The Morgan fingerprint density at radius 1 is 1.22 bits per heavy atom. The lowest BCUT2D eigenvalue weighted by Crippen LogP contribution is -2.15. The Kier molecular flexibility index (Phi) is 2.52. The van der Waals surface area contributed by atoms with Crippen LogP contribution in [0.5, 0.6) is 0 Å². The van der Waals surface area contributed by atoms with Gasteiger partial charge in [0.2, 0.25) is 0 Å². The van der Waals surface area contributed by atoms with Gasteiger partial charge < -0.3 is 5.11 Å². The van der Waals surface area contributed by atoms with E-state index in [1.54, 1.807) is 0 Å². The summed E-state index contributed by atoms with van der Waals surface area (Å²) < 4.78 is 0. The zero-order valence-corrected chi connectivity index (χ0v) is 5.84. The molecular weight excluding hydrogens is 112 g/mol. The van der Waals surface area contributed by atoms with Crippen LogP contribution in [0.4, 0.5) is 0 Å². The summed E-state index contributed by atoms with van der Waals surface area (Å²) in [5, 5.41) is 8.76. The molecule has 0 saturated heterocycles. The highest BCUT2D eigenvalue weighted by molar-refractivity contribution is 4.72. The normalized spacial score (nSPS) is 36.7. The van der Waals surface area contributed by atoms with Crippen LogP contribution in [-0.2, 0) is 0 Å². The first-order valence-corrected chi connectivity index (χ1v) is 3.77. The highest BCUT2D eigenvalue weighted by Gasteiger charge is 2.16. The Balaban J connectivity index is 2.18. The first-order valence-electron chi connectivity index (χ1n) is 3.77. The van der Waals surface area contributed by atoms with Crippen molar-refractivity contribution >= 4 is 0 Å². The quantitative estimate of drug-likeness (QED) is 0.567. The minimum atomic E-state index is 0.382. The van der Waals surface area contributed by atoms with E-state index in [1.165, 1.54) is 25.7 Å². The standard InChI is InChI=1S/C8H15O/c1-7-2-4-8(6-9)5-3-7/h7-9H,1-6H2. The smallest absolute Gasteiger partial charge is 0.0459 e. The van der Waals surface area contributed by atoms with Crippen molar-refractivity contribution in [1.82, 2.24) is 0 Å². The summed E-state index contributed by atoms with van der Waals surface area (Å²) in [6, 6.07) is 0. The molecule has 1 aliphatic rings. The van der Waals surface area contributed by atoms with Crippen LogP contribution in [0, 0.1) is 18.8 Å². The van der Waals surface area contributed by atoms with E-state index in [9.17, 15) is 0 Å². The summed E-state index contributed by atoms with van der Waals surface area (Å²) in [5.41, 5.74) is 0. The van der Waals surface area contributed by atoms with Crippen molar-refractivity contribution < 1.29 is 5.11 Å². The summed E-state index contributed by atoms with van der Waals surface area (Å²) >= 11 is 0. The highest BCUT2D eigenvalue weighted by Crippen LogP contribution is 2.27. The Morgan fingerprint density at radius 3 is 2.22 bits per heavy atom. The predicted octanol–water partition coefficient (Wildman–Crippen LogP) is 1.62. The number of hydrogen-bond acceptors (Lipinski definition) is 1. The molecule has 0 aromatic heterocycles. The Bertz CT molecular complexity index is 72.6. The minimum Gasteiger partial charge on any atom is -0.396 e. The summed E-state index contributed by atoms with van der Waals surface area (Å²) in [5.74, 6) is 1.25. The molecule has 0 aromatic rings. The van der Waals surface area contributed by atoms with E-state index in [-0.39, 0.29) is 0 Å². The van der Waals surface area contributed by atoms with Crippen molar-refractivity contribution in [3.8, 4) is 0 Å². The van der Waals surface area contributed by atoms with Crippen molar-refractivity contribution in [3.63, 3.8) is 0 Å². The highest BCUT2D eigenvalue weighted by atomic mass is 16.3. The molecule has 0 aliphatic heterocycles. The van der Waals surface area contributed by atoms with Gasteiger partial charge in [0.25, 0.3) is 0 Å². The largest absolute Gasteiger partial charge is 0.396 e. The third-order valence-electron chi connectivity index (χ3n) is 2.22. The molecule has 0 atom stereocenters. The maximum absolute atomic E-state index is 8.76. The lowest BCUT2D eigenvalue weighted by molar-refractivity contribution is 0.177.